The Kier molecular flexibility index (Phi) is 7.28. The highest BCUT2D eigenvalue weighted by Crippen LogP contribution is 2.44. The molecular weight excluding hydrogens is 657 g/mol. The summed E-state index contributed by atoms with van der Waals surface area (Å²) in [6.07, 6.45) is 3.59. The van der Waals surface area contributed by atoms with Crippen molar-refractivity contribution in [3.8, 4) is 44.8 Å². The monoisotopic (exact) mass is 690 g/mol. The van der Waals surface area contributed by atoms with Crippen molar-refractivity contribution in [3.05, 3.63) is 193 Å². The maximum Gasteiger partial charge on any atom is 0.197 e. The Balaban J connectivity index is 1.32. The molecule has 4 nitrogen and oxygen atoms in total. The molecule has 3 aromatic heterocycles. The molecule has 254 valence electrons. The topological polar surface area (TPSA) is 27.1 Å². The van der Waals surface area contributed by atoms with E-state index in [1.54, 1.807) is 12.4 Å². The molecular formula is C50H34N4. The van der Waals surface area contributed by atoms with Gasteiger partial charge in [-0.05, 0) is 119 Å². The Hall–Kier alpha value is -7.22. The molecule has 7 aromatic carbocycles. The van der Waals surface area contributed by atoms with Crippen molar-refractivity contribution < 1.29 is 0 Å². The van der Waals surface area contributed by atoms with Crippen LogP contribution < -0.4 is 0 Å². The summed E-state index contributed by atoms with van der Waals surface area (Å²) in [5.74, 6) is 0. The van der Waals surface area contributed by atoms with Crippen molar-refractivity contribution in [2.24, 2.45) is 0 Å². The number of aryl methyl sites for hydroxylation is 2. The third kappa shape index (κ3) is 4.87. The minimum Gasteiger partial charge on any atom is -0.308 e. The van der Waals surface area contributed by atoms with E-state index in [-0.39, 0.29) is 0 Å². The minimum atomic E-state index is 0.588. The molecule has 0 fully saturated rings. The smallest absolute Gasteiger partial charge is 0.197 e. The fraction of sp³-hybridized carbons (Fsp3) is 0.0400. The van der Waals surface area contributed by atoms with Gasteiger partial charge in [-0.3, -0.25) is 4.98 Å². The summed E-state index contributed by atoms with van der Waals surface area (Å²) in [4.78, 5) is 8.44. The Morgan fingerprint density at radius 3 is 1.41 bits per heavy atom. The number of aromatic nitrogens is 3. The third-order valence-corrected chi connectivity index (χ3v) is 10.9. The van der Waals surface area contributed by atoms with Crippen LogP contribution in [0.2, 0.25) is 0 Å². The van der Waals surface area contributed by atoms with Crippen LogP contribution in [0.25, 0.3) is 93.2 Å². The molecule has 0 spiro atoms. The maximum atomic E-state index is 8.45. The van der Waals surface area contributed by atoms with Crippen LogP contribution in [0.15, 0.2) is 170 Å². The third-order valence-electron chi connectivity index (χ3n) is 10.9. The number of hydrogen-bond donors (Lipinski definition) is 0. The second-order valence-electron chi connectivity index (χ2n) is 14.0. The Morgan fingerprint density at radius 1 is 0.426 bits per heavy atom. The number of benzene rings is 7. The summed E-state index contributed by atoms with van der Waals surface area (Å²) in [7, 11) is 0. The highest BCUT2D eigenvalue weighted by molar-refractivity contribution is 6.13. The molecule has 10 aromatic rings. The summed E-state index contributed by atoms with van der Waals surface area (Å²) in [5, 5.41) is 4.70. The van der Waals surface area contributed by atoms with Crippen LogP contribution in [0.1, 0.15) is 11.1 Å². The summed E-state index contributed by atoms with van der Waals surface area (Å²) in [6, 6.07) is 56.3. The van der Waals surface area contributed by atoms with E-state index >= 15 is 0 Å². The van der Waals surface area contributed by atoms with Gasteiger partial charge in [0.05, 0.1) is 40.0 Å². The molecule has 0 bridgehead atoms. The van der Waals surface area contributed by atoms with Crippen LogP contribution in [0.3, 0.4) is 0 Å². The highest BCUT2D eigenvalue weighted by Gasteiger charge is 2.23. The SMILES string of the molecule is [C-]#[N+]c1cc(-n2c3ccccc3c3cc(-c4ccccc4C)ccc32)c(-n2c3ccccc3c3cc(-c4ccccc4C)ccc32)cc1-c1ccncc1. The van der Waals surface area contributed by atoms with Crippen molar-refractivity contribution in [2.45, 2.75) is 13.8 Å². The number of fused-ring (bicyclic) bond motifs is 6. The number of nitrogens with zero attached hydrogens (tertiary/aromatic N) is 4. The van der Waals surface area contributed by atoms with Gasteiger partial charge < -0.3 is 9.13 Å². The van der Waals surface area contributed by atoms with E-state index in [2.05, 4.69) is 178 Å². The molecule has 0 amide bonds. The molecule has 0 unspecified atom stereocenters. The van der Waals surface area contributed by atoms with E-state index in [9.17, 15) is 0 Å². The minimum absolute atomic E-state index is 0.588. The van der Waals surface area contributed by atoms with Gasteiger partial charge >= 0.3 is 0 Å². The predicted octanol–water partition coefficient (Wildman–Crippen LogP) is 13.4. The number of rotatable bonds is 5. The molecule has 10 rings (SSSR count). The van der Waals surface area contributed by atoms with Crippen LogP contribution in [0.5, 0.6) is 0 Å². The second-order valence-corrected chi connectivity index (χ2v) is 14.0. The average Bonchev–Trinajstić information content (AvgIpc) is 3.73. The Morgan fingerprint density at radius 2 is 0.889 bits per heavy atom. The first-order chi connectivity index (χ1) is 26.6. The van der Waals surface area contributed by atoms with Crippen molar-refractivity contribution in [2.75, 3.05) is 0 Å². The van der Waals surface area contributed by atoms with Crippen molar-refractivity contribution in [1.82, 2.24) is 14.1 Å². The maximum absolute atomic E-state index is 8.45. The molecule has 0 atom stereocenters. The molecule has 0 saturated heterocycles. The van der Waals surface area contributed by atoms with Gasteiger partial charge in [0, 0.05) is 33.9 Å². The molecule has 3 heterocycles. The first kappa shape index (κ1) is 31.5. The molecule has 0 aliphatic rings. The van der Waals surface area contributed by atoms with Crippen molar-refractivity contribution >= 4 is 49.3 Å². The molecule has 0 aliphatic carbocycles. The normalized spacial score (nSPS) is 11.5. The lowest BCUT2D eigenvalue weighted by Gasteiger charge is -2.20. The van der Waals surface area contributed by atoms with Crippen LogP contribution in [0.4, 0.5) is 5.69 Å². The van der Waals surface area contributed by atoms with Crippen molar-refractivity contribution in [1.29, 1.82) is 0 Å². The zero-order valence-electron chi connectivity index (χ0n) is 30.0. The van der Waals surface area contributed by atoms with Gasteiger partial charge in [0.15, 0.2) is 5.69 Å². The predicted molar refractivity (Wildman–Crippen MR) is 225 cm³/mol. The molecule has 0 radical (unpaired) electrons. The van der Waals surface area contributed by atoms with E-state index in [0.717, 1.165) is 44.6 Å². The lowest BCUT2D eigenvalue weighted by molar-refractivity contribution is 1.10. The van der Waals surface area contributed by atoms with E-state index in [4.69, 9.17) is 6.57 Å². The van der Waals surface area contributed by atoms with Gasteiger partial charge in [0.2, 0.25) is 0 Å². The van der Waals surface area contributed by atoms with Crippen LogP contribution in [0, 0.1) is 20.4 Å². The zero-order valence-corrected chi connectivity index (χ0v) is 30.0. The largest absolute Gasteiger partial charge is 0.308 e. The lowest BCUT2D eigenvalue weighted by atomic mass is 9.99. The summed E-state index contributed by atoms with van der Waals surface area (Å²) >= 11 is 0. The van der Waals surface area contributed by atoms with Gasteiger partial charge in [0.1, 0.15) is 0 Å². The van der Waals surface area contributed by atoms with Crippen LogP contribution >= 0.6 is 0 Å². The number of pyridine rings is 1. The standard InChI is InChI=1S/C50H34N4/c1-32-12-4-6-14-37(32)35-20-22-47-42(28-35)39-16-8-10-18-45(39)53(47)49-30-41(34-24-26-52-27-25-34)44(51-3)31-50(49)54-46-19-11-9-17-40(46)43-29-36(21-23-48(43)54)38-15-7-5-13-33(38)2/h4-31H,1-2H3. The molecule has 0 N–H and O–H groups in total. The fourth-order valence-corrected chi connectivity index (χ4v) is 8.37. The zero-order chi connectivity index (χ0) is 36.3. The van der Waals surface area contributed by atoms with Crippen molar-refractivity contribution in [3.63, 3.8) is 0 Å². The lowest BCUT2D eigenvalue weighted by Crippen LogP contribution is -2.04. The molecule has 0 aliphatic heterocycles. The van der Waals surface area contributed by atoms with E-state index in [0.29, 0.717) is 5.69 Å². The van der Waals surface area contributed by atoms with Crippen LogP contribution in [-0.2, 0) is 0 Å². The van der Waals surface area contributed by atoms with Gasteiger partial charge in [0.25, 0.3) is 0 Å². The fourth-order valence-electron chi connectivity index (χ4n) is 8.37. The first-order valence-corrected chi connectivity index (χ1v) is 18.2. The van der Waals surface area contributed by atoms with E-state index in [1.807, 2.05) is 12.1 Å². The summed E-state index contributed by atoms with van der Waals surface area (Å²) in [6.45, 7) is 12.8. The highest BCUT2D eigenvalue weighted by atomic mass is 15.1. The van der Waals surface area contributed by atoms with Gasteiger partial charge in [-0.25, -0.2) is 4.85 Å². The summed E-state index contributed by atoms with van der Waals surface area (Å²) in [5.41, 5.74) is 16.1. The molecule has 4 heteroatoms. The molecule has 0 saturated carbocycles. The summed E-state index contributed by atoms with van der Waals surface area (Å²) < 4.78 is 4.75. The van der Waals surface area contributed by atoms with E-state index in [1.165, 1.54) is 54.9 Å². The Bertz CT molecular complexity index is 3140. The van der Waals surface area contributed by atoms with E-state index < -0.39 is 0 Å². The van der Waals surface area contributed by atoms with Gasteiger partial charge in [-0.1, -0.05) is 97.1 Å². The quantitative estimate of drug-likeness (QED) is 0.165. The Labute approximate surface area is 313 Å². The van der Waals surface area contributed by atoms with Crippen LogP contribution in [-0.4, -0.2) is 14.1 Å². The number of hydrogen-bond acceptors (Lipinski definition) is 1. The number of para-hydroxylation sites is 2. The second kappa shape index (κ2) is 12.5. The van der Waals surface area contributed by atoms with Gasteiger partial charge in [-0.2, -0.15) is 0 Å². The molecule has 54 heavy (non-hydrogen) atoms. The first-order valence-electron chi connectivity index (χ1n) is 18.2. The van der Waals surface area contributed by atoms with Gasteiger partial charge in [-0.15, -0.1) is 0 Å². The average molecular weight is 691 g/mol.